The smallest absolute Gasteiger partial charge is 1.00 e. The summed E-state index contributed by atoms with van der Waals surface area (Å²) in [6.07, 6.45) is 3.49. The number of benzene rings is 1. The van der Waals surface area contributed by atoms with Crippen molar-refractivity contribution in [3.63, 3.8) is 0 Å². The summed E-state index contributed by atoms with van der Waals surface area (Å²) in [7, 11) is -4.06. The quantitative estimate of drug-likeness (QED) is 0.281. The molecule has 1 heterocycles. The van der Waals surface area contributed by atoms with Crippen LogP contribution in [0.2, 0.25) is 4.47 Å². The monoisotopic (exact) mass is 452 g/mol. The standard InChI is InChI=1S/C14H20O5STe.Na/c15-20(16,17)10-3-11-21-13-7-5-12(6-8-13)19-14-4-1-2-9-18-14;/h5-8,14H,1-4,9-11H2,(H,15,16,17);/q;+1/p-1. The Hall–Kier alpha value is 0.680. The van der Waals surface area contributed by atoms with Gasteiger partial charge in [0.05, 0.1) is 0 Å². The molecule has 0 bridgehead atoms. The van der Waals surface area contributed by atoms with Gasteiger partial charge >= 0.3 is 165 Å². The van der Waals surface area contributed by atoms with Gasteiger partial charge in [0.15, 0.2) is 0 Å². The first-order valence-electron chi connectivity index (χ1n) is 6.98. The van der Waals surface area contributed by atoms with Crippen molar-refractivity contribution in [1.82, 2.24) is 0 Å². The molecule has 1 aromatic carbocycles. The van der Waals surface area contributed by atoms with E-state index >= 15 is 0 Å². The Bertz CT molecular complexity index is 529. The summed E-state index contributed by atoms with van der Waals surface area (Å²) in [5.41, 5.74) is 0. The average molecular weight is 450 g/mol. The predicted molar refractivity (Wildman–Crippen MR) is 80.0 cm³/mol. The van der Waals surface area contributed by atoms with Crippen LogP contribution in [0, 0.1) is 0 Å². The number of hydrogen-bond acceptors (Lipinski definition) is 5. The minimum Gasteiger partial charge on any atom is 1.00 e. The molecule has 5 nitrogen and oxygen atoms in total. The van der Waals surface area contributed by atoms with Crippen LogP contribution in [0.25, 0.3) is 0 Å². The van der Waals surface area contributed by atoms with Gasteiger partial charge in [-0.2, -0.15) is 0 Å². The van der Waals surface area contributed by atoms with E-state index in [1.165, 1.54) is 3.61 Å². The zero-order valence-corrected chi connectivity index (χ0v) is 17.8. The van der Waals surface area contributed by atoms with Crippen LogP contribution in [0.4, 0.5) is 0 Å². The van der Waals surface area contributed by atoms with Gasteiger partial charge < -0.3 is 0 Å². The number of rotatable bonds is 7. The Labute approximate surface area is 164 Å². The largest absolute Gasteiger partial charge is 1.00 e. The van der Waals surface area contributed by atoms with E-state index in [0.717, 1.165) is 36.1 Å². The minimum absolute atomic E-state index is 0. The fraction of sp³-hybridized carbons (Fsp3) is 0.571. The number of hydrogen-bond donors (Lipinski definition) is 0. The van der Waals surface area contributed by atoms with E-state index in [1.807, 2.05) is 24.3 Å². The molecule has 0 N–H and O–H groups in total. The topological polar surface area (TPSA) is 75.7 Å². The molecule has 0 radical (unpaired) electrons. The van der Waals surface area contributed by atoms with Crippen molar-refractivity contribution in [2.45, 2.75) is 36.4 Å². The molecule has 0 spiro atoms. The van der Waals surface area contributed by atoms with Crippen molar-refractivity contribution < 1.29 is 52.0 Å². The van der Waals surface area contributed by atoms with Crippen LogP contribution in [-0.4, -0.2) is 52.5 Å². The van der Waals surface area contributed by atoms with E-state index in [-0.39, 0.29) is 41.6 Å². The summed E-state index contributed by atoms with van der Waals surface area (Å²) < 4.78 is 44.9. The summed E-state index contributed by atoms with van der Waals surface area (Å²) >= 11 is -0.435. The second-order valence-corrected chi connectivity index (χ2v) is 9.71. The summed E-state index contributed by atoms with van der Waals surface area (Å²) in [5.74, 6) is 0.554. The van der Waals surface area contributed by atoms with Crippen molar-refractivity contribution in [3.8, 4) is 5.75 Å². The van der Waals surface area contributed by atoms with Gasteiger partial charge in [-0.1, -0.05) is 0 Å². The Kier molecular flexibility index (Phi) is 9.91. The van der Waals surface area contributed by atoms with E-state index < -0.39 is 31.0 Å². The first-order chi connectivity index (χ1) is 10.0. The zero-order valence-electron chi connectivity index (χ0n) is 12.7. The molecule has 0 saturated carbocycles. The molecule has 0 amide bonds. The first-order valence-corrected chi connectivity index (χ1v) is 11.4. The van der Waals surface area contributed by atoms with Gasteiger partial charge in [-0.25, -0.2) is 0 Å². The van der Waals surface area contributed by atoms with Crippen LogP contribution >= 0.6 is 0 Å². The van der Waals surface area contributed by atoms with Crippen molar-refractivity contribution >= 4 is 34.7 Å². The molecular formula is C14H19NaO5STe. The molecule has 1 saturated heterocycles. The maximum atomic E-state index is 10.5. The van der Waals surface area contributed by atoms with Gasteiger partial charge in [0.25, 0.3) is 0 Å². The fourth-order valence-corrected chi connectivity index (χ4v) is 5.50. The summed E-state index contributed by atoms with van der Waals surface area (Å²) in [4.78, 5) is 0. The van der Waals surface area contributed by atoms with E-state index in [9.17, 15) is 13.0 Å². The molecule has 0 aromatic heterocycles. The van der Waals surface area contributed by atoms with E-state index in [4.69, 9.17) is 9.47 Å². The molecule has 118 valence electrons. The Morgan fingerprint density at radius 1 is 1.27 bits per heavy atom. The normalized spacial score (nSPS) is 18.5. The first kappa shape index (κ1) is 20.7. The van der Waals surface area contributed by atoms with Crippen LogP contribution in [0.3, 0.4) is 0 Å². The van der Waals surface area contributed by atoms with Crippen LogP contribution in [0.15, 0.2) is 24.3 Å². The van der Waals surface area contributed by atoms with Crippen LogP contribution in [0.1, 0.15) is 25.7 Å². The Balaban J connectivity index is 0.00000242. The molecule has 1 aliphatic rings. The van der Waals surface area contributed by atoms with Gasteiger partial charge in [-0.3, -0.25) is 0 Å². The molecular weight excluding hydrogens is 431 g/mol. The Morgan fingerprint density at radius 2 is 2.00 bits per heavy atom. The van der Waals surface area contributed by atoms with E-state index in [0.29, 0.717) is 6.42 Å². The summed E-state index contributed by atoms with van der Waals surface area (Å²) in [6.45, 7) is 0.762. The molecule has 1 unspecified atom stereocenters. The van der Waals surface area contributed by atoms with E-state index in [1.54, 1.807) is 0 Å². The van der Waals surface area contributed by atoms with Crippen molar-refractivity contribution in [1.29, 1.82) is 0 Å². The third kappa shape index (κ3) is 8.51. The SMILES string of the molecule is O=S(=O)([O-])CCC[Te]c1ccc(OC2CCCCO2)cc1.[Na+]. The molecule has 1 atom stereocenters. The van der Waals surface area contributed by atoms with Gasteiger partial charge in [0, 0.05) is 0 Å². The molecule has 2 rings (SSSR count). The predicted octanol–water partition coefficient (Wildman–Crippen LogP) is -1.72. The third-order valence-electron chi connectivity index (χ3n) is 3.04. The second kappa shape index (κ2) is 10.5. The molecule has 8 heteroatoms. The molecule has 1 aliphatic heterocycles. The number of ether oxygens (including phenoxy) is 2. The summed E-state index contributed by atoms with van der Waals surface area (Å²) in [6, 6.07) is 7.91. The maximum Gasteiger partial charge on any atom is 1.00 e. The fourth-order valence-electron chi connectivity index (χ4n) is 2.00. The summed E-state index contributed by atoms with van der Waals surface area (Å²) in [5, 5.41) is 0. The second-order valence-electron chi connectivity index (χ2n) is 4.85. The molecule has 1 fully saturated rings. The van der Waals surface area contributed by atoms with Gasteiger partial charge in [-0.05, 0) is 0 Å². The third-order valence-corrected chi connectivity index (χ3v) is 6.96. The van der Waals surface area contributed by atoms with Gasteiger partial charge in [0.2, 0.25) is 0 Å². The average Bonchev–Trinajstić information content (AvgIpc) is 2.45. The van der Waals surface area contributed by atoms with Crippen molar-refractivity contribution in [3.05, 3.63) is 24.3 Å². The van der Waals surface area contributed by atoms with Crippen molar-refractivity contribution in [2.24, 2.45) is 0 Å². The zero-order chi connectivity index (χ0) is 15.1. The molecule has 0 aliphatic carbocycles. The maximum absolute atomic E-state index is 10.5. The van der Waals surface area contributed by atoms with E-state index in [2.05, 4.69) is 0 Å². The van der Waals surface area contributed by atoms with Crippen molar-refractivity contribution in [2.75, 3.05) is 12.4 Å². The molecule has 1 aromatic rings. The van der Waals surface area contributed by atoms with Gasteiger partial charge in [0.1, 0.15) is 0 Å². The molecule has 22 heavy (non-hydrogen) atoms. The minimum atomic E-state index is -4.06. The Morgan fingerprint density at radius 3 is 2.59 bits per heavy atom. The van der Waals surface area contributed by atoms with Crippen LogP contribution < -0.4 is 37.9 Å². The van der Waals surface area contributed by atoms with Crippen LogP contribution in [0.5, 0.6) is 5.75 Å². The van der Waals surface area contributed by atoms with Crippen LogP contribution in [-0.2, 0) is 14.9 Å². The van der Waals surface area contributed by atoms with Gasteiger partial charge in [-0.15, -0.1) is 0 Å².